The van der Waals surface area contributed by atoms with Gasteiger partial charge in [-0.2, -0.15) is 0 Å². The van der Waals surface area contributed by atoms with Crippen molar-refractivity contribution in [2.75, 3.05) is 7.11 Å². The first-order valence-electron chi connectivity index (χ1n) is 7.00. The molecule has 6 heteroatoms. The molecule has 0 bridgehead atoms. The number of methoxy groups -OCH3 is 1. The number of nitrogens with one attached hydrogen (secondary N) is 1. The zero-order valence-electron chi connectivity index (χ0n) is 12.8. The number of rotatable bonds is 3. The van der Waals surface area contributed by atoms with Gasteiger partial charge >= 0.3 is 6.09 Å². The normalized spacial score (nSPS) is 11.1. The molecule has 5 nitrogen and oxygen atoms in total. The van der Waals surface area contributed by atoms with Crippen LogP contribution in [0.1, 0.15) is 23.6 Å². The van der Waals surface area contributed by atoms with Crippen molar-refractivity contribution in [2.24, 2.45) is 0 Å². The van der Waals surface area contributed by atoms with Crippen molar-refractivity contribution >= 4 is 17.7 Å². The van der Waals surface area contributed by atoms with Gasteiger partial charge in [0, 0.05) is 24.0 Å². The Morgan fingerprint density at radius 2 is 1.83 bits per heavy atom. The molecule has 1 heterocycles. The second kappa shape index (κ2) is 8.16. The Labute approximate surface area is 140 Å². The second-order valence-corrected chi connectivity index (χ2v) is 5.27. The van der Waals surface area contributed by atoms with Gasteiger partial charge in [0.2, 0.25) is 5.28 Å². The Balaban J connectivity index is 1.97. The Bertz CT molecular complexity index is 718. The van der Waals surface area contributed by atoms with Crippen LogP contribution < -0.4 is 5.32 Å². The minimum Gasteiger partial charge on any atom is -0.453 e. The molecule has 118 valence electrons. The summed E-state index contributed by atoms with van der Waals surface area (Å²) >= 11 is 5.62. The highest BCUT2D eigenvalue weighted by molar-refractivity contribution is 6.28. The minimum absolute atomic E-state index is 0.00870. The zero-order valence-corrected chi connectivity index (χ0v) is 13.6. The number of benzene rings is 1. The van der Waals surface area contributed by atoms with Gasteiger partial charge in [0.15, 0.2) is 0 Å². The number of nitrogens with zero attached hydrogens (tertiary/aromatic N) is 2. The third kappa shape index (κ3) is 5.61. The standard InChI is InChI=1S/C17H16ClN3O2/c1-12(21-17(22)23-2)9-14-6-3-13(4-7-14)5-8-15-10-19-16(18)20-11-15/h3-4,6-7,10-12H,9H2,1-2H3,(H,21,22). The van der Waals surface area contributed by atoms with Gasteiger partial charge in [-0.15, -0.1) is 0 Å². The molecule has 0 fully saturated rings. The van der Waals surface area contributed by atoms with Crippen LogP contribution in [-0.4, -0.2) is 29.2 Å². The Kier molecular flexibility index (Phi) is 5.95. The number of alkyl carbamates (subject to hydrolysis) is 1. The Morgan fingerprint density at radius 1 is 1.22 bits per heavy atom. The predicted molar refractivity (Wildman–Crippen MR) is 88.2 cm³/mol. The highest BCUT2D eigenvalue weighted by atomic mass is 35.5. The van der Waals surface area contributed by atoms with Crippen LogP contribution in [0.25, 0.3) is 0 Å². The second-order valence-electron chi connectivity index (χ2n) is 4.93. The lowest BCUT2D eigenvalue weighted by molar-refractivity contribution is 0.167. The van der Waals surface area contributed by atoms with Crippen molar-refractivity contribution in [2.45, 2.75) is 19.4 Å². The van der Waals surface area contributed by atoms with Gasteiger partial charge in [-0.3, -0.25) is 0 Å². The van der Waals surface area contributed by atoms with Gasteiger partial charge in [0.25, 0.3) is 0 Å². The topological polar surface area (TPSA) is 64.1 Å². The molecular formula is C17H16ClN3O2. The van der Waals surface area contributed by atoms with Gasteiger partial charge in [-0.25, -0.2) is 14.8 Å². The van der Waals surface area contributed by atoms with E-state index in [1.54, 1.807) is 12.4 Å². The van der Waals surface area contributed by atoms with Crippen molar-refractivity contribution in [3.63, 3.8) is 0 Å². The summed E-state index contributed by atoms with van der Waals surface area (Å²) in [6.45, 7) is 1.92. The number of ether oxygens (including phenoxy) is 1. The van der Waals surface area contributed by atoms with E-state index in [-0.39, 0.29) is 11.3 Å². The van der Waals surface area contributed by atoms with Crippen LogP contribution in [-0.2, 0) is 11.2 Å². The third-order valence-electron chi connectivity index (χ3n) is 3.02. The lowest BCUT2D eigenvalue weighted by Crippen LogP contribution is -2.33. The molecule has 23 heavy (non-hydrogen) atoms. The van der Waals surface area contributed by atoms with Crippen LogP contribution in [0.2, 0.25) is 5.28 Å². The molecule has 0 aliphatic heterocycles. The van der Waals surface area contributed by atoms with E-state index in [1.807, 2.05) is 31.2 Å². The van der Waals surface area contributed by atoms with Crippen LogP contribution >= 0.6 is 11.6 Å². The molecule has 1 atom stereocenters. The van der Waals surface area contributed by atoms with Gasteiger partial charge in [0.1, 0.15) is 0 Å². The van der Waals surface area contributed by atoms with Crippen molar-refractivity contribution in [1.29, 1.82) is 0 Å². The molecule has 0 saturated heterocycles. The molecule has 2 aromatic rings. The number of carbonyl (C=O) groups excluding carboxylic acids is 1. The quantitative estimate of drug-likeness (QED) is 0.694. The van der Waals surface area contributed by atoms with E-state index >= 15 is 0 Å². The fourth-order valence-corrected chi connectivity index (χ4v) is 2.01. The van der Waals surface area contributed by atoms with Crippen LogP contribution in [0.5, 0.6) is 0 Å². The van der Waals surface area contributed by atoms with Crippen molar-refractivity contribution in [1.82, 2.24) is 15.3 Å². The first-order valence-corrected chi connectivity index (χ1v) is 7.37. The summed E-state index contributed by atoms with van der Waals surface area (Å²) in [5, 5.41) is 2.93. The van der Waals surface area contributed by atoms with E-state index in [0.29, 0.717) is 12.0 Å². The number of hydrogen-bond acceptors (Lipinski definition) is 4. The molecule has 2 rings (SSSR count). The molecule has 0 saturated carbocycles. The number of amides is 1. The summed E-state index contributed by atoms with van der Waals surface area (Å²) in [5.41, 5.74) is 2.70. The van der Waals surface area contributed by atoms with Gasteiger partial charge in [-0.1, -0.05) is 24.0 Å². The summed E-state index contributed by atoms with van der Waals surface area (Å²) in [5.74, 6) is 6.01. The smallest absolute Gasteiger partial charge is 0.407 e. The average molecular weight is 330 g/mol. The number of aromatic nitrogens is 2. The highest BCUT2D eigenvalue weighted by Gasteiger charge is 2.07. The van der Waals surface area contributed by atoms with E-state index < -0.39 is 6.09 Å². The lowest BCUT2D eigenvalue weighted by atomic mass is 10.1. The van der Waals surface area contributed by atoms with Crippen LogP contribution in [0.4, 0.5) is 4.79 Å². The predicted octanol–water partition coefficient (Wildman–Crippen LogP) is 2.82. The molecule has 0 radical (unpaired) electrons. The first kappa shape index (κ1) is 16.8. The van der Waals surface area contributed by atoms with Crippen LogP contribution in [0.15, 0.2) is 36.7 Å². The van der Waals surface area contributed by atoms with Gasteiger partial charge in [-0.05, 0) is 42.6 Å². The molecule has 1 amide bonds. The third-order valence-corrected chi connectivity index (χ3v) is 3.21. The van der Waals surface area contributed by atoms with Crippen LogP contribution in [0, 0.1) is 11.8 Å². The van der Waals surface area contributed by atoms with E-state index in [1.165, 1.54) is 7.11 Å². The van der Waals surface area contributed by atoms with Gasteiger partial charge in [0.05, 0.1) is 12.7 Å². The molecule has 1 N–H and O–H groups in total. The number of carbonyl (C=O) groups is 1. The first-order chi connectivity index (χ1) is 11.1. The van der Waals surface area contributed by atoms with Crippen molar-refractivity contribution < 1.29 is 9.53 Å². The molecular weight excluding hydrogens is 314 g/mol. The van der Waals surface area contributed by atoms with Crippen molar-refractivity contribution in [3.8, 4) is 11.8 Å². The van der Waals surface area contributed by atoms with Gasteiger partial charge < -0.3 is 10.1 Å². The Hall–Kier alpha value is -2.58. The SMILES string of the molecule is COC(=O)NC(C)Cc1ccc(C#Cc2cnc(Cl)nc2)cc1. The molecule has 1 aromatic carbocycles. The monoisotopic (exact) mass is 329 g/mol. The average Bonchev–Trinajstić information content (AvgIpc) is 2.55. The number of hydrogen-bond donors (Lipinski definition) is 1. The molecule has 1 aromatic heterocycles. The van der Waals surface area contributed by atoms with Crippen LogP contribution in [0.3, 0.4) is 0 Å². The van der Waals surface area contributed by atoms with Crippen molar-refractivity contribution in [3.05, 3.63) is 58.6 Å². The largest absolute Gasteiger partial charge is 0.453 e. The molecule has 0 spiro atoms. The maximum atomic E-state index is 11.1. The fourth-order valence-electron chi connectivity index (χ4n) is 1.91. The fraction of sp³-hybridized carbons (Fsp3) is 0.235. The minimum atomic E-state index is -0.426. The lowest BCUT2D eigenvalue weighted by Gasteiger charge is -2.12. The summed E-state index contributed by atoms with van der Waals surface area (Å²) in [7, 11) is 1.35. The highest BCUT2D eigenvalue weighted by Crippen LogP contribution is 2.07. The maximum Gasteiger partial charge on any atom is 0.407 e. The maximum absolute atomic E-state index is 11.1. The van der Waals surface area contributed by atoms with E-state index in [2.05, 4.69) is 31.9 Å². The van der Waals surface area contributed by atoms with E-state index in [0.717, 1.165) is 11.1 Å². The molecule has 1 unspecified atom stereocenters. The summed E-state index contributed by atoms with van der Waals surface area (Å²) in [6.07, 6.45) is 3.45. The zero-order chi connectivity index (χ0) is 16.7. The van der Waals surface area contributed by atoms with E-state index in [9.17, 15) is 4.79 Å². The van der Waals surface area contributed by atoms with E-state index in [4.69, 9.17) is 11.6 Å². The molecule has 0 aliphatic carbocycles. The Morgan fingerprint density at radius 3 is 2.43 bits per heavy atom. The number of halogens is 1. The summed E-state index contributed by atoms with van der Waals surface area (Å²) < 4.78 is 4.57. The molecule has 0 aliphatic rings. The summed E-state index contributed by atoms with van der Waals surface area (Å²) in [6, 6.07) is 7.83. The summed E-state index contributed by atoms with van der Waals surface area (Å²) in [4.78, 5) is 18.9.